The van der Waals surface area contributed by atoms with Crippen molar-refractivity contribution in [1.29, 1.82) is 0 Å². The van der Waals surface area contributed by atoms with Gasteiger partial charge in [-0.1, -0.05) is 11.3 Å². The molecule has 0 spiro atoms. The van der Waals surface area contributed by atoms with Gasteiger partial charge < -0.3 is 15.5 Å². The Balaban J connectivity index is 1.31. The standard InChI is InChI=1S/C25H26FN5O2S/c1-27-23(32)16-5-7-18(19(26)13-16)20-15-31-21-8-6-17(14-22(21)34-25(31)29-20)24(33)28-9-4-12-30-10-2-3-11-30/h5-8,13-15H,2-4,9-12H2,1H3,(H,27,32)(H,28,33). The summed E-state index contributed by atoms with van der Waals surface area (Å²) in [5.74, 6) is -0.915. The maximum Gasteiger partial charge on any atom is 0.251 e. The summed E-state index contributed by atoms with van der Waals surface area (Å²) in [4.78, 5) is 32.1. The van der Waals surface area contributed by atoms with Crippen LogP contribution in [0.3, 0.4) is 0 Å². The quantitative estimate of drug-likeness (QED) is 0.394. The van der Waals surface area contributed by atoms with Gasteiger partial charge in [0.2, 0.25) is 0 Å². The van der Waals surface area contributed by atoms with E-state index in [4.69, 9.17) is 0 Å². The van der Waals surface area contributed by atoms with Crippen LogP contribution in [0.25, 0.3) is 26.4 Å². The number of rotatable bonds is 7. The summed E-state index contributed by atoms with van der Waals surface area (Å²) in [6.07, 6.45) is 5.28. The lowest BCUT2D eigenvalue weighted by molar-refractivity contribution is 0.0948. The molecule has 2 N–H and O–H groups in total. The molecule has 0 atom stereocenters. The zero-order valence-electron chi connectivity index (χ0n) is 18.9. The first-order chi connectivity index (χ1) is 16.5. The van der Waals surface area contributed by atoms with Crippen LogP contribution in [0.4, 0.5) is 4.39 Å². The van der Waals surface area contributed by atoms with Gasteiger partial charge in [-0.3, -0.25) is 14.0 Å². The van der Waals surface area contributed by atoms with Crippen molar-refractivity contribution in [2.45, 2.75) is 19.3 Å². The highest BCUT2D eigenvalue weighted by atomic mass is 32.1. The number of carbonyl (C=O) groups is 2. The third kappa shape index (κ3) is 4.41. The van der Waals surface area contributed by atoms with Crippen LogP contribution >= 0.6 is 11.3 Å². The van der Waals surface area contributed by atoms with Crippen LogP contribution < -0.4 is 10.6 Å². The fourth-order valence-corrected chi connectivity index (χ4v) is 5.44. The number of hydrogen-bond donors (Lipinski definition) is 2. The molecule has 2 aromatic heterocycles. The Hall–Kier alpha value is -3.30. The van der Waals surface area contributed by atoms with E-state index in [0.29, 0.717) is 28.3 Å². The molecule has 176 valence electrons. The van der Waals surface area contributed by atoms with Crippen LogP contribution in [0.5, 0.6) is 0 Å². The third-order valence-corrected chi connectivity index (χ3v) is 7.24. The van der Waals surface area contributed by atoms with Gasteiger partial charge in [0.05, 0.1) is 15.9 Å². The molecule has 3 heterocycles. The molecule has 5 rings (SSSR count). The van der Waals surface area contributed by atoms with E-state index in [9.17, 15) is 14.0 Å². The second-order valence-electron chi connectivity index (χ2n) is 8.50. The van der Waals surface area contributed by atoms with E-state index in [-0.39, 0.29) is 17.4 Å². The van der Waals surface area contributed by atoms with Crippen molar-refractivity contribution in [2.75, 3.05) is 33.2 Å². The van der Waals surface area contributed by atoms with Crippen molar-refractivity contribution in [3.63, 3.8) is 0 Å². The van der Waals surface area contributed by atoms with E-state index in [1.807, 2.05) is 22.6 Å². The first-order valence-corrected chi connectivity index (χ1v) is 12.3. The summed E-state index contributed by atoms with van der Waals surface area (Å²) in [7, 11) is 1.51. The van der Waals surface area contributed by atoms with Crippen molar-refractivity contribution < 1.29 is 14.0 Å². The minimum absolute atomic E-state index is 0.0756. The number of imidazole rings is 1. The molecular weight excluding hydrogens is 453 g/mol. The van der Waals surface area contributed by atoms with E-state index < -0.39 is 5.82 Å². The molecule has 0 radical (unpaired) electrons. The molecule has 7 nitrogen and oxygen atoms in total. The lowest BCUT2D eigenvalue weighted by atomic mass is 10.1. The maximum atomic E-state index is 14.7. The van der Waals surface area contributed by atoms with Crippen LogP contribution in [0, 0.1) is 5.82 Å². The summed E-state index contributed by atoms with van der Waals surface area (Å²) in [6, 6.07) is 9.95. The lowest BCUT2D eigenvalue weighted by Gasteiger charge is -2.14. The predicted molar refractivity (Wildman–Crippen MR) is 132 cm³/mol. The smallest absolute Gasteiger partial charge is 0.251 e. The molecule has 0 bridgehead atoms. The topological polar surface area (TPSA) is 78.7 Å². The zero-order valence-corrected chi connectivity index (χ0v) is 19.8. The number of aromatic nitrogens is 2. The Bertz CT molecular complexity index is 1370. The summed E-state index contributed by atoms with van der Waals surface area (Å²) >= 11 is 1.45. The van der Waals surface area contributed by atoms with Crippen molar-refractivity contribution in [1.82, 2.24) is 24.9 Å². The van der Waals surface area contributed by atoms with E-state index >= 15 is 0 Å². The van der Waals surface area contributed by atoms with Crippen LogP contribution in [-0.4, -0.2) is 59.3 Å². The van der Waals surface area contributed by atoms with Crippen molar-refractivity contribution in [3.05, 3.63) is 59.5 Å². The number of likely N-dealkylation sites (tertiary alicyclic amines) is 1. The summed E-state index contributed by atoms with van der Waals surface area (Å²) in [5.41, 5.74) is 2.62. The predicted octanol–water partition coefficient (Wildman–Crippen LogP) is 3.93. The summed E-state index contributed by atoms with van der Waals surface area (Å²) in [6.45, 7) is 4.02. The average Bonchev–Trinajstić information content (AvgIpc) is 3.57. The van der Waals surface area contributed by atoms with E-state index in [1.165, 1.54) is 50.4 Å². The highest BCUT2D eigenvalue weighted by molar-refractivity contribution is 7.23. The van der Waals surface area contributed by atoms with Gasteiger partial charge in [-0.2, -0.15) is 0 Å². The fraction of sp³-hybridized carbons (Fsp3) is 0.320. The van der Waals surface area contributed by atoms with Gasteiger partial charge >= 0.3 is 0 Å². The normalized spacial score (nSPS) is 14.2. The van der Waals surface area contributed by atoms with Crippen LogP contribution in [0.2, 0.25) is 0 Å². The minimum atomic E-state index is -0.500. The molecule has 4 aromatic rings. The molecule has 0 saturated carbocycles. The largest absolute Gasteiger partial charge is 0.355 e. The second kappa shape index (κ2) is 9.52. The number of carbonyl (C=O) groups excluding carboxylic acids is 2. The Morgan fingerprint density at radius 3 is 2.62 bits per heavy atom. The average molecular weight is 480 g/mol. The fourth-order valence-electron chi connectivity index (χ4n) is 4.39. The number of amides is 2. The van der Waals surface area contributed by atoms with E-state index in [1.54, 1.807) is 18.3 Å². The molecule has 1 aliphatic rings. The molecule has 2 amide bonds. The Morgan fingerprint density at radius 1 is 1.09 bits per heavy atom. The van der Waals surface area contributed by atoms with Crippen LogP contribution in [0.15, 0.2) is 42.6 Å². The molecule has 2 aromatic carbocycles. The van der Waals surface area contributed by atoms with Crippen molar-refractivity contribution >= 4 is 38.3 Å². The summed E-state index contributed by atoms with van der Waals surface area (Å²) in [5, 5.41) is 5.50. The highest BCUT2D eigenvalue weighted by Gasteiger charge is 2.16. The SMILES string of the molecule is CNC(=O)c1ccc(-c2cn3c(n2)sc2cc(C(=O)NCCCN4CCCC4)ccc23)c(F)c1. The number of fused-ring (bicyclic) bond motifs is 3. The number of nitrogens with zero attached hydrogens (tertiary/aromatic N) is 3. The molecule has 34 heavy (non-hydrogen) atoms. The second-order valence-corrected chi connectivity index (χ2v) is 9.50. The van der Waals surface area contributed by atoms with Gasteiger partial charge in [-0.15, -0.1) is 0 Å². The molecule has 1 aliphatic heterocycles. The van der Waals surface area contributed by atoms with Gasteiger partial charge in [0.1, 0.15) is 5.82 Å². The zero-order chi connectivity index (χ0) is 23.7. The Morgan fingerprint density at radius 2 is 1.85 bits per heavy atom. The van der Waals surface area contributed by atoms with Gasteiger partial charge in [-0.05, 0) is 75.3 Å². The van der Waals surface area contributed by atoms with Gasteiger partial charge in [0, 0.05) is 36.5 Å². The first-order valence-electron chi connectivity index (χ1n) is 11.5. The molecule has 1 saturated heterocycles. The molecule has 1 fully saturated rings. The summed E-state index contributed by atoms with van der Waals surface area (Å²) < 4.78 is 17.5. The minimum Gasteiger partial charge on any atom is -0.355 e. The van der Waals surface area contributed by atoms with Crippen LogP contribution in [-0.2, 0) is 0 Å². The Kier molecular flexibility index (Phi) is 6.30. The molecular formula is C25H26FN5O2S. The maximum absolute atomic E-state index is 14.7. The first kappa shape index (κ1) is 22.5. The number of halogens is 1. The number of benzene rings is 2. The van der Waals surface area contributed by atoms with Crippen molar-refractivity contribution in [2.24, 2.45) is 0 Å². The van der Waals surface area contributed by atoms with Crippen LogP contribution in [0.1, 0.15) is 40.0 Å². The van der Waals surface area contributed by atoms with Gasteiger partial charge in [-0.25, -0.2) is 9.37 Å². The van der Waals surface area contributed by atoms with E-state index in [0.717, 1.165) is 23.2 Å². The van der Waals surface area contributed by atoms with Crippen molar-refractivity contribution in [3.8, 4) is 11.3 Å². The molecule has 0 aliphatic carbocycles. The Labute approximate surface area is 200 Å². The third-order valence-electron chi connectivity index (χ3n) is 6.23. The van der Waals surface area contributed by atoms with E-state index in [2.05, 4.69) is 20.5 Å². The monoisotopic (exact) mass is 479 g/mol. The van der Waals surface area contributed by atoms with Gasteiger partial charge in [0.15, 0.2) is 4.96 Å². The number of thiazole rings is 1. The molecule has 0 unspecified atom stereocenters. The van der Waals surface area contributed by atoms with Gasteiger partial charge in [0.25, 0.3) is 11.8 Å². The highest BCUT2D eigenvalue weighted by Crippen LogP contribution is 2.31. The number of hydrogen-bond acceptors (Lipinski definition) is 5. The molecule has 9 heteroatoms. The number of nitrogens with one attached hydrogen (secondary N) is 2. The lowest BCUT2D eigenvalue weighted by Crippen LogP contribution is -2.28.